The van der Waals surface area contributed by atoms with Gasteiger partial charge in [0.2, 0.25) is 23.3 Å². The first-order chi connectivity index (χ1) is 18.6. The molecule has 2 atom stereocenters. The lowest BCUT2D eigenvalue weighted by Gasteiger charge is -2.19. The molecule has 8 nitrogen and oxygen atoms in total. The van der Waals surface area contributed by atoms with Gasteiger partial charge in [-0.1, -0.05) is 0 Å². The van der Waals surface area contributed by atoms with E-state index in [0.29, 0.717) is 24.0 Å². The molecule has 204 valence electrons. The Kier molecular flexibility index (Phi) is 7.03. The van der Waals surface area contributed by atoms with Crippen LogP contribution in [0.4, 0.5) is 27.8 Å². The molecule has 0 saturated carbocycles. The molecular formula is C25H19ClF5N5O3. The molecule has 1 fully saturated rings. The molecule has 0 aliphatic carbocycles. The monoisotopic (exact) mass is 567 g/mol. The predicted octanol–water partition coefficient (Wildman–Crippen LogP) is 4.54. The van der Waals surface area contributed by atoms with E-state index in [9.17, 15) is 27.5 Å². The van der Waals surface area contributed by atoms with Crippen molar-refractivity contribution in [3.05, 3.63) is 65.9 Å². The number of ether oxygens (including phenoxy) is 1. The zero-order valence-electron chi connectivity index (χ0n) is 19.8. The molecule has 2 aromatic heterocycles. The number of benzene rings is 2. The third kappa shape index (κ3) is 4.72. The van der Waals surface area contributed by atoms with Crippen LogP contribution in [0.3, 0.4) is 0 Å². The van der Waals surface area contributed by atoms with E-state index in [1.54, 1.807) is 10.8 Å². The van der Waals surface area contributed by atoms with Gasteiger partial charge in [-0.2, -0.15) is 8.78 Å². The summed E-state index contributed by atoms with van der Waals surface area (Å²) in [6.07, 6.45) is 3.36. The number of nitrogens with zero attached hydrogens (tertiary/aromatic N) is 4. The van der Waals surface area contributed by atoms with Crippen LogP contribution in [0.1, 0.15) is 12.5 Å². The van der Waals surface area contributed by atoms with Crippen LogP contribution in [-0.4, -0.2) is 55.5 Å². The van der Waals surface area contributed by atoms with Gasteiger partial charge in [0.1, 0.15) is 34.7 Å². The second kappa shape index (κ2) is 10.3. The van der Waals surface area contributed by atoms with Crippen LogP contribution in [-0.2, 0) is 4.79 Å². The molecule has 0 spiro atoms. The number of aliphatic hydroxyl groups is 1. The molecule has 39 heavy (non-hydrogen) atoms. The van der Waals surface area contributed by atoms with Crippen molar-refractivity contribution >= 4 is 34.4 Å². The Morgan fingerprint density at radius 2 is 1.82 bits per heavy atom. The number of likely N-dealkylation sites (tertiary alicyclic amines) is 1. The SMILES string of the molecule is Nc1ncnc2c1c(-c1ccc(Oc3c(F)c(F)cc(F)c3F)cc1F)cn2[C@@H]1CCN(C(=O)C(Cl)CO)C1. The van der Waals surface area contributed by atoms with E-state index in [1.807, 2.05) is 0 Å². The first-order valence-corrected chi connectivity index (χ1v) is 12.0. The first kappa shape index (κ1) is 26.6. The Balaban J connectivity index is 1.51. The van der Waals surface area contributed by atoms with E-state index in [0.717, 1.165) is 12.1 Å². The Labute approximate surface area is 222 Å². The van der Waals surface area contributed by atoms with Crippen molar-refractivity contribution < 1.29 is 36.6 Å². The average molecular weight is 568 g/mol. The van der Waals surface area contributed by atoms with E-state index in [1.165, 1.54) is 17.3 Å². The van der Waals surface area contributed by atoms with E-state index >= 15 is 4.39 Å². The number of fused-ring (bicyclic) bond motifs is 1. The summed E-state index contributed by atoms with van der Waals surface area (Å²) in [7, 11) is 0. The Morgan fingerprint density at radius 3 is 2.49 bits per heavy atom. The van der Waals surface area contributed by atoms with Gasteiger partial charge in [-0.15, -0.1) is 11.6 Å². The van der Waals surface area contributed by atoms with Crippen LogP contribution < -0.4 is 10.5 Å². The summed E-state index contributed by atoms with van der Waals surface area (Å²) < 4.78 is 77.1. The second-order valence-corrected chi connectivity index (χ2v) is 9.35. The number of nitrogens with two attached hydrogens (primary N) is 1. The van der Waals surface area contributed by atoms with Gasteiger partial charge in [-0.3, -0.25) is 4.79 Å². The van der Waals surface area contributed by atoms with Gasteiger partial charge >= 0.3 is 0 Å². The van der Waals surface area contributed by atoms with Crippen molar-refractivity contribution in [3.63, 3.8) is 0 Å². The number of hydrogen-bond acceptors (Lipinski definition) is 6. The summed E-state index contributed by atoms with van der Waals surface area (Å²) in [4.78, 5) is 22.2. The Bertz CT molecular complexity index is 1570. The van der Waals surface area contributed by atoms with E-state index in [-0.39, 0.29) is 35.6 Å². The third-order valence-corrected chi connectivity index (χ3v) is 6.78. The minimum Gasteiger partial charge on any atom is -0.451 e. The summed E-state index contributed by atoms with van der Waals surface area (Å²) in [5.74, 6) is -9.91. The maximum absolute atomic E-state index is 15.3. The number of aliphatic hydroxyl groups excluding tert-OH is 1. The van der Waals surface area contributed by atoms with Crippen LogP contribution in [0.2, 0.25) is 0 Å². The summed E-state index contributed by atoms with van der Waals surface area (Å²) in [5.41, 5.74) is 6.78. The first-order valence-electron chi connectivity index (χ1n) is 11.6. The van der Waals surface area contributed by atoms with Crippen molar-refractivity contribution in [1.29, 1.82) is 0 Å². The van der Waals surface area contributed by atoms with Gasteiger partial charge in [0.25, 0.3) is 0 Å². The molecule has 1 unspecified atom stereocenters. The van der Waals surface area contributed by atoms with E-state index in [2.05, 4.69) is 9.97 Å². The molecule has 1 aliphatic rings. The number of hydrogen-bond donors (Lipinski definition) is 2. The number of halogens is 6. The van der Waals surface area contributed by atoms with Crippen LogP contribution in [0.25, 0.3) is 22.2 Å². The highest BCUT2D eigenvalue weighted by Crippen LogP contribution is 2.39. The maximum Gasteiger partial charge on any atom is 0.243 e. The minimum absolute atomic E-state index is 0.00555. The number of amides is 1. The van der Waals surface area contributed by atoms with Gasteiger partial charge < -0.3 is 25.0 Å². The van der Waals surface area contributed by atoms with Gasteiger partial charge in [0.15, 0.2) is 11.6 Å². The smallest absolute Gasteiger partial charge is 0.243 e. The standard InChI is InChI=1S/C25H19ClF5N5O3/c26-15(9-37)25(38)35-4-3-11(7-35)36-8-14(19-23(32)33-10-34-24(19)36)13-2-1-12(5-16(13)27)39-22-20(30)17(28)6-18(29)21(22)31/h1-2,5-6,8,10-11,15,37H,3-4,7,9H2,(H2,32,33,34)/t11-,15?/m1/s1. The molecule has 14 heteroatoms. The number of aromatic nitrogens is 3. The van der Waals surface area contributed by atoms with Crippen molar-refractivity contribution in [2.75, 3.05) is 25.4 Å². The van der Waals surface area contributed by atoms with Crippen LogP contribution in [0.15, 0.2) is 36.8 Å². The molecule has 1 saturated heterocycles. The number of anilines is 1. The number of alkyl halides is 1. The zero-order valence-corrected chi connectivity index (χ0v) is 20.6. The van der Waals surface area contributed by atoms with Gasteiger partial charge in [0, 0.05) is 42.5 Å². The zero-order chi connectivity index (χ0) is 28.0. The fourth-order valence-electron chi connectivity index (χ4n) is 4.57. The molecule has 2 aromatic carbocycles. The molecule has 4 aromatic rings. The number of carbonyl (C=O) groups excluding carboxylic acids is 1. The van der Waals surface area contributed by atoms with Crippen molar-refractivity contribution in [2.45, 2.75) is 17.8 Å². The van der Waals surface area contributed by atoms with Gasteiger partial charge in [0.05, 0.1) is 18.0 Å². The number of rotatable bonds is 6. The Morgan fingerprint density at radius 1 is 1.10 bits per heavy atom. The Hall–Kier alpha value is -3.97. The highest BCUT2D eigenvalue weighted by molar-refractivity contribution is 6.30. The normalized spacial score (nSPS) is 16.2. The number of nitrogen functional groups attached to an aromatic ring is 1. The second-order valence-electron chi connectivity index (χ2n) is 8.83. The summed E-state index contributed by atoms with van der Waals surface area (Å²) in [6, 6.07) is 2.96. The molecular weight excluding hydrogens is 549 g/mol. The molecule has 0 bridgehead atoms. The van der Waals surface area contributed by atoms with Crippen LogP contribution >= 0.6 is 11.6 Å². The fourth-order valence-corrected chi connectivity index (χ4v) is 4.71. The van der Waals surface area contributed by atoms with Crippen LogP contribution in [0.5, 0.6) is 11.5 Å². The highest BCUT2D eigenvalue weighted by atomic mass is 35.5. The average Bonchev–Trinajstić information content (AvgIpc) is 3.55. The van der Waals surface area contributed by atoms with E-state index < -0.39 is 58.5 Å². The molecule has 1 aliphatic heterocycles. The van der Waals surface area contributed by atoms with Gasteiger partial charge in [-0.25, -0.2) is 23.1 Å². The maximum atomic E-state index is 15.3. The largest absolute Gasteiger partial charge is 0.451 e. The molecule has 5 rings (SSSR count). The lowest BCUT2D eigenvalue weighted by molar-refractivity contribution is -0.130. The number of carbonyl (C=O) groups is 1. The van der Waals surface area contributed by atoms with Crippen molar-refractivity contribution in [2.24, 2.45) is 0 Å². The van der Waals surface area contributed by atoms with Crippen molar-refractivity contribution in [1.82, 2.24) is 19.4 Å². The topological polar surface area (TPSA) is 107 Å². The van der Waals surface area contributed by atoms with Gasteiger partial charge in [-0.05, 0) is 18.6 Å². The third-order valence-electron chi connectivity index (χ3n) is 6.46. The summed E-state index contributed by atoms with van der Waals surface area (Å²) in [5, 5.41) is 8.45. The summed E-state index contributed by atoms with van der Waals surface area (Å²) in [6.45, 7) is 0.122. The van der Waals surface area contributed by atoms with E-state index in [4.69, 9.17) is 22.1 Å². The van der Waals surface area contributed by atoms with Crippen LogP contribution in [0, 0.1) is 29.1 Å². The molecule has 3 N–H and O–H groups in total. The highest BCUT2D eigenvalue weighted by Gasteiger charge is 2.32. The lowest BCUT2D eigenvalue weighted by atomic mass is 10.1. The van der Waals surface area contributed by atoms with Crippen molar-refractivity contribution in [3.8, 4) is 22.6 Å². The molecule has 0 radical (unpaired) electrons. The molecule has 1 amide bonds. The quantitative estimate of drug-likeness (QED) is 0.201. The fraction of sp³-hybridized carbons (Fsp3) is 0.240. The minimum atomic E-state index is -1.77. The summed E-state index contributed by atoms with van der Waals surface area (Å²) >= 11 is 5.89. The molecule has 3 heterocycles. The predicted molar refractivity (Wildman–Crippen MR) is 131 cm³/mol. The lowest BCUT2D eigenvalue weighted by Crippen LogP contribution is -2.36.